The zero-order valence-corrected chi connectivity index (χ0v) is 22.6. The normalized spacial score (nSPS) is 13.0. The van der Waals surface area contributed by atoms with Crippen LogP contribution in [0.15, 0.2) is 91.1 Å². The van der Waals surface area contributed by atoms with Crippen LogP contribution >= 0.6 is 0 Å². The first-order valence-electron chi connectivity index (χ1n) is 12.8. The molecule has 0 aliphatic carbocycles. The lowest BCUT2D eigenvalue weighted by Crippen LogP contribution is -2.38. The van der Waals surface area contributed by atoms with Gasteiger partial charge in [-0.15, -0.1) is 0 Å². The van der Waals surface area contributed by atoms with Gasteiger partial charge in [-0.05, 0) is 41.8 Å². The van der Waals surface area contributed by atoms with E-state index >= 15 is 0 Å². The molecule has 0 radical (unpaired) electrons. The fourth-order valence-electron chi connectivity index (χ4n) is 4.62. The second-order valence-corrected chi connectivity index (χ2v) is 9.83. The van der Waals surface area contributed by atoms with Gasteiger partial charge in [0, 0.05) is 49.4 Å². The number of nitrogens with zero attached hydrogens (tertiary/aromatic N) is 2. The maximum Gasteiger partial charge on any atom is 0.416 e. The van der Waals surface area contributed by atoms with Gasteiger partial charge >= 0.3 is 12.4 Å². The van der Waals surface area contributed by atoms with Crippen molar-refractivity contribution in [3.8, 4) is 0 Å². The standard InChI is InChI=1S/C31H27F6N3O2/c1-39-19-22(26-10-6-7-11-27(26)39)16-25(12-13-28(41)38-18-20-8-4-3-5-9-20)40(2)29(42)21-14-23(30(32,33)34)17-24(15-21)31(35,36)37/h3-15,17,19,25H,16,18H2,1-2H3,(H,38,41). The van der Waals surface area contributed by atoms with Crippen LogP contribution in [0.5, 0.6) is 0 Å². The molecule has 0 aliphatic heterocycles. The first-order valence-corrected chi connectivity index (χ1v) is 12.8. The molecule has 1 heterocycles. The highest BCUT2D eigenvalue weighted by atomic mass is 19.4. The molecule has 1 N–H and O–H groups in total. The fraction of sp³-hybridized carbons (Fsp3) is 0.226. The summed E-state index contributed by atoms with van der Waals surface area (Å²) in [5, 5.41) is 3.57. The van der Waals surface area contributed by atoms with E-state index in [1.807, 2.05) is 72.4 Å². The Balaban J connectivity index is 1.67. The molecule has 2 amide bonds. The van der Waals surface area contributed by atoms with Crippen molar-refractivity contribution in [2.24, 2.45) is 7.05 Å². The summed E-state index contributed by atoms with van der Waals surface area (Å²) in [5.41, 5.74) is -1.44. The molecule has 4 aromatic rings. The quantitative estimate of drug-likeness (QED) is 0.183. The molecule has 0 bridgehead atoms. The third-order valence-electron chi connectivity index (χ3n) is 6.84. The number of fused-ring (bicyclic) bond motifs is 1. The summed E-state index contributed by atoms with van der Waals surface area (Å²) in [6, 6.07) is 16.4. The van der Waals surface area contributed by atoms with Crippen LogP contribution in [0, 0.1) is 0 Å². The Bertz CT molecular complexity index is 1570. The van der Waals surface area contributed by atoms with Crippen LogP contribution in [0.3, 0.4) is 0 Å². The Hall–Kier alpha value is -4.54. The third-order valence-corrected chi connectivity index (χ3v) is 6.84. The van der Waals surface area contributed by atoms with Crippen molar-refractivity contribution < 1.29 is 35.9 Å². The van der Waals surface area contributed by atoms with Gasteiger partial charge in [0.1, 0.15) is 0 Å². The first kappa shape index (κ1) is 30.4. The molecule has 42 heavy (non-hydrogen) atoms. The largest absolute Gasteiger partial charge is 0.416 e. The van der Waals surface area contributed by atoms with E-state index in [1.165, 1.54) is 19.2 Å². The summed E-state index contributed by atoms with van der Waals surface area (Å²) >= 11 is 0. The number of rotatable bonds is 8. The summed E-state index contributed by atoms with van der Waals surface area (Å²) in [4.78, 5) is 27.1. The minimum absolute atomic E-state index is 0.0264. The number of carbonyl (C=O) groups is 2. The molecule has 3 aromatic carbocycles. The Labute approximate surface area is 238 Å². The van der Waals surface area contributed by atoms with Gasteiger partial charge in [0.25, 0.3) is 5.91 Å². The molecule has 1 unspecified atom stereocenters. The van der Waals surface area contributed by atoms with Crippen LogP contribution in [-0.4, -0.2) is 34.4 Å². The molecule has 0 saturated heterocycles. The Kier molecular flexibility index (Phi) is 8.79. The summed E-state index contributed by atoms with van der Waals surface area (Å²) < 4.78 is 82.6. The van der Waals surface area contributed by atoms with Crippen molar-refractivity contribution >= 4 is 22.7 Å². The topological polar surface area (TPSA) is 54.3 Å². The van der Waals surface area contributed by atoms with Crippen molar-refractivity contribution in [1.82, 2.24) is 14.8 Å². The fourth-order valence-corrected chi connectivity index (χ4v) is 4.62. The van der Waals surface area contributed by atoms with Crippen molar-refractivity contribution in [2.45, 2.75) is 31.4 Å². The van der Waals surface area contributed by atoms with Gasteiger partial charge in [-0.1, -0.05) is 54.6 Å². The van der Waals surface area contributed by atoms with E-state index in [0.717, 1.165) is 26.9 Å². The van der Waals surface area contributed by atoms with Crippen molar-refractivity contribution in [1.29, 1.82) is 0 Å². The molecule has 220 valence electrons. The van der Waals surface area contributed by atoms with E-state index in [9.17, 15) is 35.9 Å². The first-order chi connectivity index (χ1) is 19.7. The van der Waals surface area contributed by atoms with E-state index in [1.54, 1.807) is 0 Å². The van der Waals surface area contributed by atoms with Crippen LogP contribution in [0.1, 0.15) is 32.6 Å². The van der Waals surface area contributed by atoms with Gasteiger partial charge in [0.15, 0.2) is 0 Å². The number of hydrogen-bond acceptors (Lipinski definition) is 2. The number of hydrogen-bond donors (Lipinski definition) is 1. The lowest BCUT2D eigenvalue weighted by Gasteiger charge is -2.27. The predicted octanol–water partition coefficient (Wildman–Crippen LogP) is 6.77. The average molecular weight is 588 g/mol. The predicted molar refractivity (Wildman–Crippen MR) is 146 cm³/mol. The number of halogens is 6. The van der Waals surface area contributed by atoms with Crippen molar-refractivity contribution in [3.05, 3.63) is 119 Å². The second kappa shape index (κ2) is 12.1. The minimum Gasteiger partial charge on any atom is -0.350 e. The van der Waals surface area contributed by atoms with Crippen LogP contribution in [0.2, 0.25) is 0 Å². The molecule has 0 aliphatic rings. The van der Waals surface area contributed by atoms with Crippen LogP contribution in [-0.2, 0) is 37.2 Å². The van der Waals surface area contributed by atoms with Crippen LogP contribution in [0.4, 0.5) is 26.3 Å². The second-order valence-electron chi connectivity index (χ2n) is 9.83. The lowest BCUT2D eigenvalue weighted by molar-refractivity contribution is -0.143. The number of para-hydroxylation sites is 1. The summed E-state index contributed by atoms with van der Waals surface area (Å²) in [6.07, 6.45) is -5.63. The highest BCUT2D eigenvalue weighted by molar-refractivity contribution is 5.95. The third kappa shape index (κ3) is 7.20. The number of alkyl halides is 6. The maximum absolute atomic E-state index is 13.5. The smallest absolute Gasteiger partial charge is 0.350 e. The summed E-state index contributed by atoms with van der Waals surface area (Å²) in [5.74, 6) is -1.55. The molecular weight excluding hydrogens is 560 g/mol. The number of nitrogens with one attached hydrogen (secondary N) is 1. The van der Waals surface area contributed by atoms with E-state index in [4.69, 9.17) is 0 Å². The van der Waals surface area contributed by atoms with Crippen LogP contribution in [0.25, 0.3) is 10.9 Å². The van der Waals surface area contributed by atoms with Gasteiger partial charge in [-0.25, -0.2) is 0 Å². The Morgan fingerprint density at radius 3 is 2.12 bits per heavy atom. The summed E-state index contributed by atoms with van der Waals surface area (Å²) in [7, 11) is 3.10. The molecule has 1 atom stereocenters. The van der Waals surface area contributed by atoms with Crippen molar-refractivity contribution in [2.75, 3.05) is 7.05 Å². The molecule has 0 spiro atoms. The maximum atomic E-state index is 13.5. The molecule has 5 nitrogen and oxygen atoms in total. The van der Waals surface area contributed by atoms with Crippen LogP contribution < -0.4 is 5.32 Å². The van der Waals surface area contributed by atoms with Gasteiger partial charge < -0.3 is 14.8 Å². The van der Waals surface area contributed by atoms with E-state index in [0.29, 0.717) is 12.1 Å². The number of aromatic nitrogens is 1. The molecular formula is C31H27F6N3O2. The zero-order chi connectivity index (χ0) is 30.7. The molecule has 11 heteroatoms. The molecule has 4 rings (SSSR count). The van der Waals surface area contributed by atoms with Gasteiger partial charge in [0.05, 0.1) is 17.2 Å². The number of likely N-dealkylation sites (N-methyl/N-ethyl adjacent to an activating group) is 1. The van der Waals surface area contributed by atoms with E-state index in [2.05, 4.69) is 5.32 Å². The van der Waals surface area contributed by atoms with E-state index in [-0.39, 0.29) is 19.0 Å². The SMILES string of the molecule is CN(C(=O)c1cc(C(F)(F)F)cc(C(F)(F)F)c1)C(C=CC(=O)NCc1ccccc1)Cc1cn(C)c2ccccc12. The molecule has 0 fully saturated rings. The van der Waals surface area contributed by atoms with Gasteiger partial charge in [-0.3, -0.25) is 9.59 Å². The van der Waals surface area contributed by atoms with E-state index < -0.39 is 46.9 Å². The number of amides is 2. The van der Waals surface area contributed by atoms with Gasteiger partial charge in [0.2, 0.25) is 5.91 Å². The number of aryl methyl sites for hydroxylation is 1. The minimum atomic E-state index is -5.10. The molecule has 1 aromatic heterocycles. The average Bonchev–Trinajstić information content (AvgIpc) is 3.27. The zero-order valence-electron chi connectivity index (χ0n) is 22.6. The summed E-state index contributed by atoms with van der Waals surface area (Å²) in [6.45, 7) is 0.233. The highest BCUT2D eigenvalue weighted by Gasteiger charge is 2.38. The monoisotopic (exact) mass is 587 g/mol. The molecule has 0 saturated carbocycles. The van der Waals surface area contributed by atoms with Crippen molar-refractivity contribution in [3.63, 3.8) is 0 Å². The highest BCUT2D eigenvalue weighted by Crippen LogP contribution is 2.36. The lowest BCUT2D eigenvalue weighted by atomic mass is 10.0. The number of carbonyl (C=O) groups excluding carboxylic acids is 2. The van der Waals surface area contributed by atoms with Gasteiger partial charge in [-0.2, -0.15) is 26.3 Å². The Morgan fingerprint density at radius 1 is 0.905 bits per heavy atom. The number of benzene rings is 3. The Morgan fingerprint density at radius 2 is 1.50 bits per heavy atom.